The second kappa shape index (κ2) is 50.2. The molecule has 0 saturated carbocycles. The number of aliphatic hydroxyl groups is 2. The first-order valence-corrected chi connectivity index (χ1v) is 26.9. The number of carbonyl (C=O) groups is 2. The van der Waals surface area contributed by atoms with Gasteiger partial charge in [0, 0.05) is 12.8 Å². The molecule has 0 radical (unpaired) electrons. The maximum atomic E-state index is 12.5. The Kier molecular flexibility index (Phi) is 49.1. The van der Waals surface area contributed by atoms with Crippen LogP contribution < -0.4 is 5.32 Å². The zero-order valence-electron chi connectivity index (χ0n) is 40.5. The molecule has 3 N–H and O–H groups in total. The van der Waals surface area contributed by atoms with E-state index in [2.05, 4.69) is 31.3 Å². The normalized spacial score (nSPS) is 12.7. The van der Waals surface area contributed by atoms with Gasteiger partial charge in [-0.05, 0) is 44.9 Å². The molecule has 356 valence electrons. The van der Waals surface area contributed by atoms with Crippen LogP contribution in [-0.2, 0) is 14.3 Å². The minimum atomic E-state index is -0.682. The molecule has 0 heterocycles. The van der Waals surface area contributed by atoms with Gasteiger partial charge in [-0.2, -0.15) is 0 Å². The zero-order valence-corrected chi connectivity index (χ0v) is 40.5. The van der Waals surface area contributed by atoms with Crippen LogP contribution in [-0.4, -0.2) is 47.4 Å². The second-order valence-corrected chi connectivity index (χ2v) is 18.6. The number of aliphatic hydroxyl groups excluding tert-OH is 2. The van der Waals surface area contributed by atoms with Gasteiger partial charge < -0.3 is 20.3 Å². The highest BCUT2D eigenvalue weighted by molar-refractivity contribution is 5.76. The van der Waals surface area contributed by atoms with Gasteiger partial charge in [-0.15, -0.1) is 0 Å². The molecule has 0 rings (SSSR count). The lowest BCUT2D eigenvalue weighted by atomic mass is 10.0. The molecular weight excluding hydrogens is 743 g/mol. The lowest BCUT2D eigenvalue weighted by molar-refractivity contribution is -0.143. The lowest BCUT2D eigenvalue weighted by Gasteiger charge is -2.22. The van der Waals surface area contributed by atoms with E-state index in [0.29, 0.717) is 25.9 Å². The van der Waals surface area contributed by atoms with Crippen LogP contribution in [0.5, 0.6) is 0 Å². The maximum absolute atomic E-state index is 12.5. The highest BCUT2D eigenvalue weighted by Crippen LogP contribution is 2.17. The summed E-state index contributed by atoms with van der Waals surface area (Å²) in [5, 5.41) is 23.3. The van der Waals surface area contributed by atoms with Crippen molar-refractivity contribution in [3.8, 4) is 0 Å². The Balaban J connectivity index is 3.48. The van der Waals surface area contributed by atoms with Crippen molar-refractivity contribution in [2.24, 2.45) is 0 Å². The van der Waals surface area contributed by atoms with Crippen LogP contribution >= 0.6 is 0 Å². The quantitative estimate of drug-likeness (QED) is 0.0322. The number of ether oxygens (including phenoxy) is 1. The molecule has 0 spiro atoms. The van der Waals surface area contributed by atoms with Gasteiger partial charge in [0.1, 0.15) is 0 Å². The molecule has 2 unspecified atom stereocenters. The predicted molar refractivity (Wildman–Crippen MR) is 260 cm³/mol. The van der Waals surface area contributed by atoms with E-state index in [-0.39, 0.29) is 18.5 Å². The number of amides is 1. The fourth-order valence-electron chi connectivity index (χ4n) is 8.39. The Morgan fingerprint density at radius 3 is 1.23 bits per heavy atom. The molecule has 0 aliphatic heterocycles. The first kappa shape index (κ1) is 58.6. The predicted octanol–water partition coefficient (Wildman–Crippen LogP) is 16.1. The Hall–Kier alpha value is -1.40. The maximum Gasteiger partial charge on any atom is 0.305 e. The van der Waals surface area contributed by atoms with Crippen LogP contribution in [0.25, 0.3) is 0 Å². The standard InChI is InChI=1S/C54H105NO5/c1-3-5-7-9-11-13-15-16-17-18-19-20-21-22-23-24-25-26-28-30-34-38-42-46-52(57)51(50-56)55-53(58)47-43-39-35-31-29-33-37-41-45-49-60-54(59)48-44-40-36-32-27-14-12-10-8-6-4-2/h10,12,51-52,56-57H,3-9,11,13-50H2,1-2H3,(H,55,58)/b12-10-. The van der Waals surface area contributed by atoms with Gasteiger partial charge in [0.05, 0.1) is 25.4 Å². The fraction of sp³-hybridized carbons (Fsp3) is 0.926. The molecule has 0 fully saturated rings. The average molecular weight is 848 g/mol. The first-order valence-electron chi connectivity index (χ1n) is 26.9. The molecule has 60 heavy (non-hydrogen) atoms. The minimum Gasteiger partial charge on any atom is -0.466 e. The molecule has 0 aromatic carbocycles. The molecular formula is C54H105NO5. The largest absolute Gasteiger partial charge is 0.466 e. The van der Waals surface area contributed by atoms with E-state index >= 15 is 0 Å². The van der Waals surface area contributed by atoms with E-state index < -0.39 is 12.1 Å². The van der Waals surface area contributed by atoms with Gasteiger partial charge in [-0.1, -0.05) is 251 Å². The molecule has 0 saturated heterocycles. The van der Waals surface area contributed by atoms with E-state index in [9.17, 15) is 19.8 Å². The Morgan fingerprint density at radius 1 is 0.450 bits per heavy atom. The Bertz CT molecular complexity index is 893. The Morgan fingerprint density at radius 2 is 0.800 bits per heavy atom. The van der Waals surface area contributed by atoms with Crippen LogP contribution in [0.1, 0.15) is 296 Å². The number of allylic oxidation sites excluding steroid dienone is 2. The number of hydrogen-bond donors (Lipinski definition) is 3. The van der Waals surface area contributed by atoms with Crippen molar-refractivity contribution in [2.75, 3.05) is 13.2 Å². The molecule has 1 amide bonds. The molecule has 0 aromatic heterocycles. The number of unbranched alkanes of at least 4 members (excludes halogenated alkanes) is 37. The number of nitrogens with one attached hydrogen (secondary N) is 1. The Labute approximate surface area is 374 Å². The van der Waals surface area contributed by atoms with Crippen molar-refractivity contribution in [2.45, 2.75) is 309 Å². The fourth-order valence-corrected chi connectivity index (χ4v) is 8.39. The third-order valence-electron chi connectivity index (χ3n) is 12.6. The minimum absolute atomic E-state index is 0.0351. The van der Waals surface area contributed by atoms with Gasteiger partial charge >= 0.3 is 5.97 Å². The molecule has 0 aliphatic carbocycles. The van der Waals surface area contributed by atoms with Crippen LogP contribution in [0.4, 0.5) is 0 Å². The van der Waals surface area contributed by atoms with Gasteiger partial charge in [-0.3, -0.25) is 9.59 Å². The highest BCUT2D eigenvalue weighted by atomic mass is 16.5. The molecule has 0 aliphatic rings. The monoisotopic (exact) mass is 848 g/mol. The number of esters is 1. The van der Waals surface area contributed by atoms with E-state index in [1.54, 1.807) is 0 Å². The molecule has 0 bridgehead atoms. The van der Waals surface area contributed by atoms with E-state index in [4.69, 9.17) is 4.74 Å². The number of rotatable bonds is 50. The van der Waals surface area contributed by atoms with Crippen molar-refractivity contribution in [3.63, 3.8) is 0 Å². The van der Waals surface area contributed by atoms with Crippen LogP contribution in [0.3, 0.4) is 0 Å². The summed E-state index contributed by atoms with van der Waals surface area (Å²) < 4.78 is 5.43. The van der Waals surface area contributed by atoms with E-state index in [1.165, 1.54) is 205 Å². The average Bonchev–Trinajstić information content (AvgIpc) is 3.25. The van der Waals surface area contributed by atoms with Crippen molar-refractivity contribution >= 4 is 11.9 Å². The number of carbonyl (C=O) groups excluding carboxylic acids is 2. The van der Waals surface area contributed by atoms with E-state index in [0.717, 1.165) is 57.8 Å². The summed E-state index contributed by atoms with van der Waals surface area (Å²) in [4.78, 5) is 24.5. The van der Waals surface area contributed by atoms with Gasteiger partial charge in [0.15, 0.2) is 0 Å². The summed E-state index contributed by atoms with van der Waals surface area (Å²) in [6.45, 7) is 4.86. The molecule has 0 aromatic rings. The van der Waals surface area contributed by atoms with Gasteiger partial charge in [-0.25, -0.2) is 0 Å². The molecule has 6 heteroatoms. The summed E-state index contributed by atoms with van der Waals surface area (Å²) in [6, 6.07) is -0.562. The summed E-state index contributed by atoms with van der Waals surface area (Å²) in [5.41, 5.74) is 0. The topological polar surface area (TPSA) is 95.9 Å². The summed E-state index contributed by atoms with van der Waals surface area (Å²) >= 11 is 0. The first-order chi connectivity index (χ1) is 29.5. The lowest BCUT2D eigenvalue weighted by Crippen LogP contribution is -2.45. The van der Waals surface area contributed by atoms with Gasteiger partial charge in [0.25, 0.3) is 0 Å². The third kappa shape index (κ3) is 46.1. The summed E-state index contributed by atoms with van der Waals surface area (Å²) in [5.74, 6) is -0.0954. The highest BCUT2D eigenvalue weighted by Gasteiger charge is 2.20. The third-order valence-corrected chi connectivity index (χ3v) is 12.6. The van der Waals surface area contributed by atoms with Crippen LogP contribution in [0, 0.1) is 0 Å². The second-order valence-electron chi connectivity index (χ2n) is 18.6. The van der Waals surface area contributed by atoms with Crippen LogP contribution in [0.15, 0.2) is 12.2 Å². The number of hydrogen-bond acceptors (Lipinski definition) is 5. The van der Waals surface area contributed by atoms with E-state index in [1.807, 2.05) is 0 Å². The van der Waals surface area contributed by atoms with Crippen LogP contribution in [0.2, 0.25) is 0 Å². The van der Waals surface area contributed by atoms with Crippen molar-refractivity contribution in [3.05, 3.63) is 12.2 Å². The summed E-state index contributed by atoms with van der Waals surface area (Å²) in [7, 11) is 0. The van der Waals surface area contributed by atoms with Crippen molar-refractivity contribution in [1.82, 2.24) is 5.32 Å². The SMILES string of the molecule is CCCC/C=C\CCCCCCCC(=O)OCCCCCCCCCCCC(=O)NC(CO)C(O)CCCCCCCCCCCCCCCCCCCCCCCCC. The van der Waals surface area contributed by atoms with Crippen molar-refractivity contribution < 1.29 is 24.5 Å². The summed E-state index contributed by atoms with van der Waals surface area (Å²) in [6.07, 6.45) is 57.6. The van der Waals surface area contributed by atoms with Gasteiger partial charge in [0.2, 0.25) is 5.91 Å². The smallest absolute Gasteiger partial charge is 0.305 e. The molecule has 6 nitrogen and oxygen atoms in total. The zero-order chi connectivity index (χ0) is 43.7. The van der Waals surface area contributed by atoms with Crippen molar-refractivity contribution in [1.29, 1.82) is 0 Å². The molecule has 2 atom stereocenters.